The summed E-state index contributed by atoms with van der Waals surface area (Å²) < 4.78 is 23.8. The molecule has 1 aliphatic rings. The maximum atomic E-state index is 13.1. The van der Waals surface area contributed by atoms with Crippen molar-refractivity contribution in [3.8, 4) is 5.75 Å². The Hall–Kier alpha value is -1.95. The summed E-state index contributed by atoms with van der Waals surface area (Å²) in [7, 11) is 0. The number of hydrogen-bond donors (Lipinski definition) is 1. The summed E-state index contributed by atoms with van der Waals surface area (Å²) in [6, 6.07) is 6.01. The second-order valence-electron chi connectivity index (χ2n) is 5.60. The Balaban J connectivity index is 1.52. The van der Waals surface area contributed by atoms with Crippen molar-refractivity contribution < 1.29 is 13.7 Å². The van der Waals surface area contributed by atoms with Crippen LogP contribution < -0.4 is 10.1 Å². The average molecular weight is 305 g/mol. The lowest BCUT2D eigenvalue weighted by atomic mass is 9.97. The zero-order valence-electron chi connectivity index (χ0n) is 12.4. The molecule has 1 aromatic carbocycles. The fourth-order valence-corrected chi connectivity index (χ4v) is 2.68. The van der Waals surface area contributed by atoms with E-state index in [1.807, 2.05) is 0 Å². The second-order valence-corrected chi connectivity index (χ2v) is 5.60. The molecule has 1 atom stereocenters. The van der Waals surface area contributed by atoms with Gasteiger partial charge in [-0.25, -0.2) is 4.39 Å². The summed E-state index contributed by atoms with van der Waals surface area (Å²) >= 11 is 0. The Kier molecular flexibility index (Phi) is 5.00. The van der Waals surface area contributed by atoms with Gasteiger partial charge >= 0.3 is 0 Å². The minimum atomic E-state index is -0.326. The number of aromatic nitrogens is 2. The topological polar surface area (TPSA) is 60.2 Å². The third-order valence-electron chi connectivity index (χ3n) is 3.83. The molecule has 0 saturated carbocycles. The predicted octanol–water partition coefficient (Wildman–Crippen LogP) is 2.72. The van der Waals surface area contributed by atoms with E-state index in [4.69, 9.17) is 9.26 Å². The van der Waals surface area contributed by atoms with Crippen LogP contribution in [0, 0.1) is 11.7 Å². The number of nitrogens with one attached hydrogen (secondary N) is 1. The number of benzene rings is 1. The Morgan fingerprint density at radius 1 is 1.32 bits per heavy atom. The molecule has 5 nitrogen and oxygen atoms in total. The lowest BCUT2D eigenvalue weighted by Crippen LogP contribution is -2.14. The van der Waals surface area contributed by atoms with Crippen LogP contribution >= 0.6 is 0 Å². The lowest BCUT2D eigenvalue weighted by molar-refractivity contribution is 0.282. The van der Waals surface area contributed by atoms with Gasteiger partial charge < -0.3 is 14.6 Å². The van der Waals surface area contributed by atoms with E-state index >= 15 is 0 Å². The Morgan fingerprint density at radius 3 is 3.18 bits per heavy atom. The van der Waals surface area contributed by atoms with Gasteiger partial charge in [-0.3, -0.25) is 0 Å². The fraction of sp³-hybridized carbons (Fsp3) is 0.500. The van der Waals surface area contributed by atoms with Crippen LogP contribution in [0.1, 0.15) is 31.0 Å². The number of nitrogens with zero attached hydrogens (tertiary/aromatic N) is 2. The Bertz CT molecular complexity index is 595. The summed E-state index contributed by atoms with van der Waals surface area (Å²) in [6.45, 7) is 2.32. The van der Waals surface area contributed by atoms with Gasteiger partial charge in [-0.2, -0.15) is 4.98 Å². The average Bonchev–Trinajstić information content (AvgIpc) is 2.79. The minimum Gasteiger partial charge on any atom is -0.485 e. The zero-order chi connectivity index (χ0) is 15.2. The van der Waals surface area contributed by atoms with Gasteiger partial charge in [0, 0.05) is 12.5 Å². The van der Waals surface area contributed by atoms with Crippen molar-refractivity contribution in [1.82, 2.24) is 15.5 Å². The maximum Gasteiger partial charge on any atom is 0.227 e. The standard InChI is InChI=1S/C16H20FN3O2/c17-13-4-1-5-14(10-13)21-11-15-19-16(22-20-15)9-12-3-2-7-18-8-6-12/h1,4-5,10,12,18H,2-3,6-9,11H2. The molecule has 2 aromatic rings. The summed E-state index contributed by atoms with van der Waals surface area (Å²) in [6.07, 6.45) is 4.32. The van der Waals surface area contributed by atoms with Crippen LogP contribution in [0.15, 0.2) is 28.8 Å². The molecule has 1 aromatic heterocycles. The summed E-state index contributed by atoms with van der Waals surface area (Å²) in [4.78, 5) is 4.36. The normalized spacial score (nSPS) is 18.9. The largest absolute Gasteiger partial charge is 0.485 e. The molecule has 0 amide bonds. The van der Waals surface area contributed by atoms with Crippen molar-refractivity contribution in [2.45, 2.75) is 32.3 Å². The monoisotopic (exact) mass is 305 g/mol. The predicted molar refractivity (Wildman–Crippen MR) is 78.9 cm³/mol. The quantitative estimate of drug-likeness (QED) is 0.920. The van der Waals surface area contributed by atoms with Crippen LogP contribution in [0.25, 0.3) is 0 Å². The molecule has 1 fully saturated rings. The first kappa shape index (κ1) is 15.0. The van der Waals surface area contributed by atoms with Crippen molar-refractivity contribution in [3.63, 3.8) is 0 Å². The smallest absolute Gasteiger partial charge is 0.227 e. The molecular weight excluding hydrogens is 285 g/mol. The molecule has 0 spiro atoms. The van der Waals surface area contributed by atoms with E-state index in [0.717, 1.165) is 25.9 Å². The molecule has 1 unspecified atom stereocenters. The molecule has 6 heteroatoms. The number of rotatable bonds is 5. The second kappa shape index (κ2) is 7.35. The van der Waals surface area contributed by atoms with Gasteiger partial charge in [0.25, 0.3) is 0 Å². The molecule has 118 valence electrons. The molecule has 0 aliphatic carbocycles. The number of hydrogen-bond acceptors (Lipinski definition) is 5. The van der Waals surface area contributed by atoms with Gasteiger partial charge in [0.05, 0.1) is 0 Å². The Labute approximate surface area is 128 Å². The van der Waals surface area contributed by atoms with Crippen LogP contribution in [0.2, 0.25) is 0 Å². The highest BCUT2D eigenvalue weighted by Gasteiger charge is 2.16. The zero-order valence-corrected chi connectivity index (χ0v) is 12.4. The molecule has 3 rings (SSSR count). The van der Waals surface area contributed by atoms with Crippen molar-refractivity contribution in [3.05, 3.63) is 41.8 Å². The van der Waals surface area contributed by atoms with Crippen molar-refractivity contribution >= 4 is 0 Å². The van der Waals surface area contributed by atoms with E-state index in [2.05, 4.69) is 15.5 Å². The van der Waals surface area contributed by atoms with Gasteiger partial charge in [-0.15, -0.1) is 0 Å². The van der Waals surface area contributed by atoms with Crippen molar-refractivity contribution in [2.75, 3.05) is 13.1 Å². The third-order valence-corrected chi connectivity index (χ3v) is 3.83. The Morgan fingerprint density at radius 2 is 2.27 bits per heavy atom. The minimum absolute atomic E-state index is 0.180. The third kappa shape index (κ3) is 4.27. The highest BCUT2D eigenvalue weighted by Crippen LogP contribution is 2.19. The van der Waals surface area contributed by atoms with Crippen LogP contribution in [-0.2, 0) is 13.0 Å². The molecule has 0 bridgehead atoms. The van der Waals surface area contributed by atoms with Gasteiger partial charge in [0.2, 0.25) is 11.7 Å². The van der Waals surface area contributed by atoms with E-state index in [-0.39, 0.29) is 12.4 Å². The fourth-order valence-electron chi connectivity index (χ4n) is 2.68. The van der Waals surface area contributed by atoms with Crippen LogP contribution in [-0.4, -0.2) is 23.2 Å². The van der Waals surface area contributed by atoms with E-state index in [9.17, 15) is 4.39 Å². The lowest BCUT2D eigenvalue weighted by Gasteiger charge is -2.09. The molecule has 1 saturated heterocycles. The summed E-state index contributed by atoms with van der Waals surface area (Å²) in [5, 5.41) is 7.32. The van der Waals surface area contributed by atoms with Crippen LogP contribution in [0.5, 0.6) is 5.75 Å². The van der Waals surface area contributed by atoms with E-state index in [0.29, 0.717) is 23.4 Å². The summed E-state index contributed by atoms with van der Waals surface area (Å²) in [5.74, 6) is 1.87. The molecule has 0 radical (unpaired) electrons. The molecule has 1 aliphatic heterocycles. The number of halogens is 1. The van der Waals surface area contributed by atoms with Gasteiger partial charge in [-0.05, 0) is 50.4 Å². The van der Waals surface area contributed by atoms with Crippen LogP contribution in [0.4, 0.5) is 4.39 Å². The molecular formula is C16H20FN3O2. The van der Waals surface area contributed by atoms with Crippen molar-refractivity contribution in [2.24, 2.45) is 5.92 Å². The van der Waals surface area contributed by atoms with E-state index < -0.39 is 0 Å². The van der Waals surface area contributed by atoms with Gasteiger partial charge in [-0.1, -0.05) is 11.2 Å². The van der Waals surface area contributed by atoms with E-state index in [1.165, 1.54) is 25.0 Å². The number of ether oxygens (including phenoxy) is 1. The van der Waals surface area contributed by atoms with Crippen molar-refractivity contribution in [1.29, 1.82) is 0 Å². The molecule has 22 heavy (non-hydrogen) atoms. The summed E-state index contributed by atoms with van der Waals surface area (Å²) in [5.41, 5.74) is 0. The SMILES string of the molecule is Fc1cccc(OCc2noc(CC3CCCNCC3)n2)c1. The first-order valence-corrected chi connectivity index (χ1v) is 7.70. The maximum absolute atomic E-state index is 13.1. The van der Waals surface area contributed by atoms with E-state index in [1.54, 1.807) is 12.1 Å². The molecule has 2 heterocycles. The first-order valence-electron chi connectivity index (χ1n) is 7.70. The van der Waals surface area contributed by atoms with Gasteiger partial charge in [0.15, 0.2) is 6.61 Å². The van der Waals surface area contributed by atoms with Crippen LogP contribution in [0.3, 0.4) is 0 Å². The highest BCUT2D eigenvalue weighted by atomic mass is 19.1. The first-order chi connectivity index (χ1) is 10.8. The van der Waals surface area contributed by atoms with Gasteiger partial charge in [0.1, 0.15) is 11.6 Å². The molecule has 1 N–H and O–H groups in total. The highest BCUT2D eigenvalue weighted by molar-refractivity contribution is 5.22.